The Bertz CT molecular complexity index is 1140. The van der Waals surface area contributed by atoms with Crippen molar-refractivity contribution in [2.24, 2.45) is 5.10 Å². The number of non-ortho nitro benzene ring substituents is 1. The van der Waals surface area contributed by atoms with Crippen LogP contribution in [0.1, 0.15) is 5.56 Å². The zero-order chi connectivity index (χ0) is 23.3. The summed E-state index contributed by atoms with van der Waals surface area (Å²) >= 11 is 9.27. The molecule has 0 atom stereocenters. The molecular weight excluding hydrogens is 526 g/mol. The highest BCUT2D eigenvalue weighted by Gasteiger charge is 2.29. The molecule has 1 fully saturated rings. The molecule has 0 bridgehead atoms. The van der Waals surface area contributed by atoms with E-state index in [0.717, 1.165) is 4.47 Å². The molecule has 0 aromatic heterocycles. The average Bonchev–Trinajstić information content (AvgIpc) is 2.75. The molecule has 1 aliphatic rings. The fraction of sp³-hybridized carbons (Fsp3) is 0.263. The van der Waals surface area contributed by atoms with Gasteiger partial charge >= 0.3 is 0 Å². The largest absolute Gasteiger partial charge is 0.292 e. The number of benzene rings is 2. The molecule has 170 valence electrons. The number of carbonyl (C=O) groups excluding carboxylic acids is 1. The fourth-order valence-corrected chi connectivity index (χ4v) is 4.89. The highest BCUT2D eigenvalue weighted by atomic mass is 79.9. The number of nitrogens with one attached hydrogen (secondary N) is 1. The first-order valence-corrected chi connectivity index (χ1v) is 12.0. The Kier molecular flexibility index (Phi) is 7.96. The van der Waals surface area contributed by atoms with Crippen LogP contribution in [0.3, 0.4) is 0 Å². The lowest BCUT2D eigenvalue weighted by molar-refractivity contribution is -0.384. The van der Waals surface area contributed by atoms with Crippen molar-refractivity contribution in [1.82, 2.24) is 14.6 Å². The maximum Gasteiger partial charge on any atom is 0.270 e. The summed E-state index contributed by atoms with van der Waals surface area (Å²) in [6, 6.07) is 10.3. The van der Waals surface area contributed by atoms with Gasteiger partial charge in [-0.05, 0) is 30.3 Å². The zero-order valence-corrected chi connectivity index (χ0v) is 19.8. The summed E-state index contributed by atoms with van der Waals surface area (Å²) in [4.78, 5) is 24.5. The minimum absolute atomic E-state index is 0.0339. The molecule has 0 saturated carbocycles. The number of halogens is 2. The van der Waals surface area contributed by atoms with Gasteiger partial charge in [-0.25, -0.2) is 13.8 Å². The molecule has 2 aromatic carbocycles. The van der Waals surface area contributed by atoms with Crippen molar-refractivity contribution in [1.29, 1.82) is 0 Å². The van der Waals surface area contributed by atoms with Crippen molar-refractivity contribution in [2.75, 3.05) is 32.7 Å². The molecule has 13 heteroatoms. The lowest BCUT2D eigenvalue weighted by atomic mass is 10.2. The molecule has 0 unspecified atom stereocenters. The Morgan fingerprint density at radius 1 is 1.19 bits per heavy atom. The maximum atomic E-state index is 12.7. The predicted octanol–water partition coefficient (Wildman–Crippen LogP) is 2.47. The number of hydrogen-bond donors (Lipinski definition) is 1. The number of hydrazone groups is 1. The topological polar surface area (TPSA) is 125 Å². The lowest BCUT2D eigenvalue weighted by Crippen LogP contribution is -2.50. The van der Waals surface area contributed by atoms with Crippen LogP contribution < -0.4 is 5.43 Å². The number of sulfonamides is 1. The van der Waals surface area contributed by atoms with Crippen molar-refractivity contribution < 1.29 is 18.1 Å². The summed E-state index contributed by atoms with van der Waals surface area (Å²) in [7, 11) is -3.59. The molecule has 0 aliphatic carbocycles. The van der Waals surface area contributed by atoms with E-state index >= 15 is 0 Å². The third-order valence-electron chi connectivity index (χ3n) is 4.73. The van der Waals surface area contributed by atoms with Crippen LogP contribution in [-0.2, 0) is 14.8 Å². The van der Waals surface area contributed by atoms with E-state index < -0.39 is 20.9 Å². The minimum Gasteiger partial charge on any atom is -0.292 e. The van der Waals surface area contributed by atoms with E-state index in [1.807, 2.05) is 4.90 Å². The second-order valence-corrected chi connectivity index (χ2v) is 10.2. The summed E-state index contributed by atoms with van der Waals surface area (Å²) in [6.07, 6.45) is 1.23. The molecule has 0 spiro atoms. The van der Waals surface area contributed by atoms with Crippen molar-refractivity contribution in [2.45, 2.75) is 4.90 Å². The van der Waals surface area contributed by atoms with Crippen LogP contribution in [0.25, 0.3) is 0 Å². The van der Waals surface area contributed by atoms with Gasteiger partial charge in [0.2, 0.25) is 10.0 Å². The van der Waals surface area contributed by atoms with Crippen LogP contribution in [-0.4, -0.2) is 67.4 Å². The third-order valence-corrected chi connectivity index (χ3v) is 7.52. The lowest BCUT2D eigenvalue weighted by Gasteiger charge is -2.33. The molecular formula is C19H19BrClN5O5S. The molecule has 1 saturated heterocycles. The number of carbonyl (C=O) groups is 1. The molecule has 10 nitrogen and oxygen atoms in total. The summed E-state index contributed by atoms with van der Waals surface area (Å²) in [5.74, 6) is -0.396. The summed E-state index contributed by atoms with van der Waals surface area (Å²) in [6.45, 7) is 1.34. The van der Waals surface area contributed by atoms with Gasteiger partial charge in [0.25, 0.3) is 11.6 Å². The van der Waals surface area contributed by atoms with E-state index in [0.29, 0.717) is 18.7 Å². The number of nitro benzene ring substituents is 1. The molecule has 0 radical (unpaired) electrons. The van der Waals surface area contributed by atoms with Gasteiger partial charge in [0.15, 0.2) is 0 Å². The number of hydrogen-bond acceptors (Lipinski definition) is 7. The van der Waals surface area contributed by atoms with Crippen molar-refractivity contribution in [3.05, 3.63) is 67.6 Å². The minimum atomic E-state index is -3.59. The number of nitrogens with zero attached hydrogens (tertiary/aromatic N) is 4. The van der Waals surface area contributed by atoms with E-state index in [1.165, 1.54) is 28.7 Å². The number of rotatable bonds is 7. The first-order valence-electron chi connectivity index (χ1n) is 9.41. The van der Waals surface area contributed by atoms with Gasteiger partial charge in [0.1, 0.15) is 0 Å². The Balaban J connectivity index is 1.50. The molecule has 2 aromatic rings. The smallest absolute Gasteiger partial charge is 0.270 e. The van der Waals surface area contributed by atoms with Crippen LogP contribution in [0.15, 0.2) is 56.9 Å². The van der Waals surface area contributed by atoms with E-state index in [1.54, 1.807) is 24.3 Å². The Morgan fingerprint density at radius 2 is 1.84 bits per heavy atom. The van der Waals surface area contributed by atoms with Gasteiger partial charge in [-0.1, -0.05) is 27.5 Å². The predicted molar refractivity (Wildman–Crippen MR) is 123 cm³/mol. The normalized spacial score (nSPS) is 15.7. The number of amides is 1. The first-order chi connectivity index (χ1) is 15.2. The Labute approximate surface area is 198 Å². The van der Waals surface area contributed by atoms with Crippen molar-refractivity contribution >= 4 is 55.4 Å². The van der Waals surface area contributed by atoms with Gasteiger partial charge in [0, 0.05) is 53.4 Å². The Hall–Kier alpha value is -2.38. The number of nitro groups is 1. The zero-order valence-electron chi connectivity index (χ0n) is 16.6. The van der Waals surface area contributed by atoms with E-state index in [4.69, 9.17) is 11.6 Å². The molecule has 1 aliphatic heterocycles. The van der Waals surface area contributed by atoms with Gasteiger partial charge < -0.3 is 0 Å². The highest BCUT2D eigenvalue weighted by molar-refractivity contribution is 9.10. The number of piperazine rings is 1. The van der Waals surface area contributed by atoms with E-state index in [9.17, 15) is 23.3 Å². The first kappa shape index (κ1) is 24.3. The molecule has 1 amide bonds. The summed E-state index contributed by atoms with van der Waals surface area (Å²) < 4.78 is 27.7. The second kappa shape index (κ2) is 10.5. The maximum absolute atomic E-state index is 12.7. The monoisotopic (exact) mass is 543 g/mol. The molecule has 3 rings (SSSR count). The summed E-state index contributed by atoms with van der Waals surface area (Å²) in [5, 5.41) is 14.9. The Morgan fingerprint density at radius 3 is 2.47 bits per heavy atom. The highest BCUT2D eigenvalue weighted by Crippen LogP contribution is 2.21. The van der Waals surface area contributed by atoms with E-state index in [2.05, 4.69) is 26.5 Å². The van der Waals surface area contributed by atoms with Crippen LogP contribution >= 0.6 is 27.5 Å². The van der Waals surface area contributed by atoms with E-state index in [-0.39, 0.29) is 35.2 Å². The second-order valence-electron chi connectivity index (χ2n) is 6.89. The quantitative estimate of drug-likeness (QED) is 0.324. The third kappa shape index (κ3) is 6.11. The molecule has 1 N–H and O–H groups in total. The van der Waals surface area contributed by atoms with Crippen LogP contribution in [0, 0.1) is 10.1 Å². The molecule has 1 heterocycles. The summed E-state index contributed by atoms with van der Waals surface area (Å²) in [5.41, 5.74) is 2.51. The van der Waals surface area contributed by atoms with Gasteiger partial charge in [0.05, 0.1) is 22.6 Å². The van der Waals surface area contributed by atoms with Crippen molar-refractivity contribution in [3.63, 3.8) is 0 Å². The SMILES string of the molecule is O=C(CN1CCN(S(=O)(=O)c2ccc(Br)cc2)CC1)N/N=C\c1cc([N+](=O)[O-])ccc1Cl. The van der Waals surface area contributed by atoms with Gasteiger partial charge in [-0.3, -0.25) is 19.8 Å². The van der Waals surface area contributed by atoms with Crippen molar-refractivity contribution in [3.8, 4) is 0 Å². The van der Waals surface area contributed by atoms with Crippen LogP contribution in [0.4, 0.5) is 5.69 Å². The fourth-order valence-electron chi connectivity index (χ4n) is 3.04. The van der Waals surface area contributed by atoms with Crippen LogP contribution in [0.5, 0.6) is 0 Å². The average molecular weight is 545 g/mol. The molecule has 32 heavy (non-hydrogen) atoms. The van der Waals surface area contributed by atoms with Gasteiger partial charge in [-0.2, -0.15) is 9.41 Å². The standard InChI is InChI=1S/C19H19BrClN5O5S/c20-15-1-4-17(5-2-15)32(30,31)25-9-7-24(8-10-25)13-19(27)23-22-12-14-11-16(26(28)29)3-6-18(14)21/h1-6,11-12H,7-10,13H2,(H,23,27)/b22-12-. The van der Waals surface area contributed by atoms with Crippen LogP contribution in [0.2, 0.25) is 5.02 Å². The van der Waals surface area contributed by atoms with Gasteiger partial charge in [-0.15, -0.1) is 0 Å².